The van der Waals surface area contributed by atoms with Crippen molar-refractivity contribution >= 4 is 5.78 Å². The largest absolute Gasteiger partial charge is 0.300 e. The Labute approximate surface area is 160 Å². The van der Waals surface area contributed by atoms with Gasteiger partial charge in [-0.25, -0.2) is 4.39 Å². The lowest BCUT2D eigenvalue weighted by atomic mass is 9.86. The first kappa shape index (κ1) is 18.3. The fourth-order valence-electron chi connectivity index (χ4n) is 4.44. The Balaban J connectivity index is 1.29. The zero-order valence-electron chi connectivity index (χ0n) is 15.7. The molecule has 4 rings (SSSR count). The van der Waals surface area contributed by atoms with Crippen LogP contribution in [0.15, 0.2) is 54.6 Å². The molecule has 2 aliphatic rings. The molecule has 2 aliphatic heterocycles. The van der Waals surface area contributed by atoms with Crippen molar-refractivity contribution in [1.29, 1.82) is 0 Å². The first-order chi connectivity index (χ1) is 13.2. The summed E-state index contributed by atoms with van der Waals surface area (Å²) >= 11 is 0. The van der Waals surface area contributed by atoms with E-state index in [1.54, 1.807) is 12.1 Å². The predicted octanol–water partition coefficient (Wildman–Crippen LogP) is 3.65. The molecule has 2 heterocycles. The van der Waals surface area contributed by atoms with Crippen molar-refractivity contribution in [1.82, 2.24) is 9.80 Å². The Morgan fingerprint density at radius 2 is 1.74 bits per heavy atom. The summed E-state index contributed by atoms with van der Waals surface area (Å²) in [4.78, 5) is 17.8. The number of Topliss-reactive ketones (excluding diaryl/α,β-unsaturated/α-hetero) is 1. The summed E-state index contributed by atoms with van der Waals surface area (Å²) in [5.41, 5.74) is 2.04. The molecule has 0 aliphatic carbocycles. The molecule has 0 spiro atoms. The Hall–Kier alpha value is -2.04. The SMILES string of the molecule is O=C(c1ccc(F)cc1)[C@H]1CC[C@H]2CN(CCc3ccccc3)CCN2C1. The zero-order valence-corrected chi connectivity index (χ0v) is 15.7. The lowest BCUT2D eigenvalue weighted by Crippen LogP contribution is -2.57. The molecule has 0 unspecified atom stereocenters. The molecule has 0 amide bonds. The molecule has 2 saturated heterocycles. The van der Waals surface area contributed by atoms with Crippen molar-refractivity contribution < 1.29 is 9.18 Å². The fourth-order valence-corrected chi connectivity index (χ4v) is 4.44. The van der Waals surface area contributed by atoms with E-state index in [0.29, 0.717) is 11.6 Å². The van der Waals surface area contributed by atoms with Crippen LogP contribution in [0.1, 0.15) is 28.8 Å². The molecule has 0 radical (unpaired) electrons. The third kappa shape index (κ3) is 4.45. The third-order valence-corrected chi connectivity index (χ3v) is 6.05. The molecular formula is C23H27FN2O. The summed E-state index contributed by atoms with van der Waals surface area (Å²) in [5, 5.41) is 0. The van der Waals surface area contributed by atoms with Gasteiger partial charge >= 0.3 is 0 Å². The van der Waals surface area contributed by atoms with Crippen LogP contribution in [0.5, 0.6) is 0 Å². The Morgan fingerprint density at radius 3 is 2.52 bits per heavy atom. The quantitative estimate of drug-likeness (QED) is 0.755. The summed E-state index contributed by atoms with van der Waals surface area (Å²) in [5.74, 6) is -0.0792. The highest BCUT2D eigenvalue weighted by Crippen LogP contribution is 2.27. The molecule has 2 fully saturated rings. The molecule has 142 valence electrons. The molecule has 4 heteroatoms. The maximum absolute atomic E-state index is 13.1. The van der Waals surface area contributed by atoms with Gasteiger partial charge in [0.2, 0.25) is 0 Å². The van der Waals surface area contributed by atoms with Gasteiger partial charge in [-0.2, -0.15) is 0 Å². The first-order valence-corrected chi connectivity index (χ1v) is 9.99. The number of piperidine rings is 1. The Bertz CT molecular complexity index is 762. The van der Waals surface area contributed by atoms with Crippen molar-refractivity contribution in [3.63, 3.8) is 0 Å². The molecule has 2 aromatic carbocycles. The number of carbonyl (C=O) groups excluding carboxylic acids is 1. The summed E-state index contributed by atoms with van der Waals surface area (Å²) in [6, 6.07) is 17.2. The van der Waals surface area contributed by atoms with E-state index < -0.39 is 0 Å². The smallest absolute Gasteiger partial charge is 0.167 e. The molecule has 2 aromatic rings. The van der Waals surface area contributed by atoms with Gasteiger partial charge in [0.1, 0.15) is 5.82 Å². The minimum atomic E-state index is -0.290. The van der Waals surface area contributed by atoms with Gasteiger partial charge in [-0.15, -0.1) is 0 Å². The van der Waals surface area contributed by atoms with E-state index in [9.17, 15) is 9.18 Å². The highest BCUT2D eigenvalue weighted by atomic mass is 19.1. The third-order valence-electron chi connectivity index (χ3n) is 6.05. The van der Waals surface area contributed by atoms with Crippen LogP contribution in [-0.2, 0) is 6.42 Å². The monoisotopic (exact) mass is 366 g/mol. The highest BCUT2D eigenvalue weighted by molar-refractivity contribution is 5.98. The van der Waals surface area contributed by atoms with Crippen LogP contribution in [0.4, 0.5) is 4.39 Å². The number of nitrogens with zero attached hydrogens (tertiary/aromatic N) is 2. The van der Waals surface area contributed by atoms with Crippen LogP contribution in [0.3, 0.4) is 0 Å². The van der Waals surface area contributed by atoms with E-state index in [2.05, 4.69) is 40.1 Å². The molecule has 0 N–H and O–H groups in total. The minimum absolute atomic E-state index is 0.0441. The Morgan fingerprint density at radius 1 is 0.963 bits per heavy atom. The van der Waals surface area contributed by atoms with Crippen LogP contribution >= 0.6 is 0 Å². The summed E-state index contributed by atoms with van der Waals surface area (Å²) in [6.45, 7) is 5.15. The average Bonchev–Trinajstić information content (AvgIpc) is 2.72. The number of hydrogen-bond acceptors (Lipinski definition) is 3. The molecule has 27 heavy (non-hydrogen) atoms. The molecule has 0 aromatic heterocycles. The maximum Gasteiger partial charge on any atom is 0.167 e. The van der Waals surface area contributed by atoms with Gasteiger partial charge in [-0.05, 0) is 49.1 Å². The van der Waals surface area contributed by atoms with Crippen LogP contribution in [0, 0.1) is 11.7 Å². The van der Waals surface area contributed by atoms with Crippen LogP contribution in [0.2, 0.25) is 0 Å². The standard InChI is InChI=1S/C23H27FN2O/c24-21-9-6-19(7-10-21)23(27)20-8-11-22-17-25(14-15-26(22)16-20)13-12-18-4-2-1-3-5-18/h1-7,9-10,20,22H,8,11-17H2/t20-,22-/m0/s1. The predicted molar refractivity (Wildman–Crippen MR) is 105 cm³/mol. The number of benzene rings is 2. The van der Waals surface area contributed by atoms with E-state index in [1.165, 1.54) is 17.7 Å². The fraction of sp³-hybridized carbons (Fsp3) is 0.435. The van der Waals surface area contributed by atoms with Crippen molar-refractivity contribution in [2.24, 2.45) is 5.92 Å². The van der Waals surface area contributed by atoms with Gasteiger partial charge in [0.15, 0.2) is 5.78 Å². The van der Waals surface area contributed by atoms with Crippen molar-refractivity contribution in [3.05, 3.63) is 71.5 Å². The van der Waals surface area contributed by atoms with Crippen molar-refractivity contribution in [2.75, 3.05) is 32.7 Å². The van der Waals surface area contributed by atoms with Gasteiger partial charge in [-0.3, -0.25) is 9.69 Å². The molecule has 3 nitrogen and oxygen atoms in total. The van der Waals surface area contributed by atoms with Crippen LogP contribution < -0.4 is 0 Å². The molecule has 2 atom stereocenters. The number of fused-ring (bicyclic) bond motifs is 1. The van der Waals surface area contributed by atoms with Gasteiger partial charge in [-0.1, -0.05) is 30.3 Å². The molecule has 0 bridgehead atoms. The minimum Gasteiger partial charge on any atom is -0.300 e. The summed E-state index contributed by atoms with van der Waals surface area (Å²) in [7, 11) is 0. The van der Waals surface area contributed by atoms with E-state index in [4.69, 9.17) is 0 Å². The number of piperazine rings is 1. The van der Waals surface area contributed by atoms with E-state index in [-0.39, 0.29) is 17.5 Å². The van der Waals surface area contributed by atoms with Gasteiger partial charge in [0.25, 0.3) is 0 Å². The lowest BCUT2D eigenvalue weighted by Gasteiger charge is -2.46. The van der Waals surface area contributed by atoms with Crippen molar-refractivity contribution in [3.8, 4) is 0 Å². The average molecular weight is 366 g/mol. The van der Waals surface area contributed by atoms with Crippen LogP contribution in [-0.4, -0.2) is 54.3 Å². The summed E-state index contributed by atoms with van der Waals surface area (Å²) < 4.78 is 13.1. The zero-order chi connectivity index (χ0) is 18.6. The van der Waals surface area contributed by atoms with E-state index in [0.717, 1.165) is 52.0 Å². The maximum atomic E-state index is 13.1. The number of rotatable bonds is 5. The van der Waals surface area contributed by atoms with Gasteiger partial charge in [0.05, 0.1) is 0 Å². The lowest BCUT2D eigenvalue weighted by molar-refractivity contribution is 0.0280. The normalized spacial score (nSPS) is 23.7. The number of hydrogen-bond donors (Lipinski definition) is 0. The Kier molecular flexibility index (Phi) is 5.65. The number of halogens is 1. The summed E-state index contributed by atoms with van der Waals surface area (Å²) in [6.07, 6.45) is 3.10. The topological polar surface area (TPSA) is 23.6 Å². The molecular weight excluding hydrogens is 339 g/mol. The molecule has 0 saturated carbocycles. The van der Waals surface area contributed by atoms with Gasteiger partial charge in [0, 0.05) is 50.2 Å². The second kappa shape index (κ2) is 8.32. The van der Waals surface area contributed by atoms with Crippen molar-refractivity contribution in [2.45, 2.75) is 25.3 Å². The first-order valence-electron chi connectivity index (χ1n) is 9.99. The van der Waals surface area contributed by atoms with Gasteiger partial charge < -0.3 is 4.90 Å². The number of ketones is 1. The highest BCUT2D eigenvalue weighted by Gasteiger charge is 2.35. The van der Waals surface area contributed by atoms with Crippen LogP contribution in [0.25, 0.3) is 0 Å². The van der Waals surface area contributed by atoms with E-state index in [1.807, 2.05) is 0 Å². The second-order valence-corrected chi connectivity index (χ2v) is 7.83. The number of carbonyl (C=O) groups is 1. The van der Waals surface area contributed by atoms with E-state index >= 15 is 0 Å². The second-order valence-electron chi connectivity index (χ2n) is 7.83.